The first-order chi connectivity index (χ1) is 11.1. The zero-order chi connectivity index (χ0) is 16.2. The summed E-state index contributed by atoms with van der Waals surface area (Å²) in [6.45, 7) is 4.14. The fourth-order valence-electron chi connectivity index (χ4n) is 3.46. The number of carbonyl (C=O) groups is 1. The summed E-state index contributed by atoms with van der Waals surface area (Å²) in [6, 6.07) is 0.307. The number of anilines is 1. The molecule has 23 heavy (non-hydrogen) atoms. The first kappa shape index (κ1) is 16.1. The highest BCUT2D eigenvalue weighted by Gasteiger charge is 2.35. The second-order valence-electron chi connectivity index (χ2n) is 6.31. The standard InChI is InChI=1S/C16H25N5O2/c1-11-18-8-12(15(17)20-11)9-19-16(22)14-10-23-7-6-21(14)13-4-2-3-5-13/h8,13-14H,2-7,9-10H2,1H3,(H,19,22)(H2,17,18,20). The van der Waals surface area contributed by atoms with Gasteiger partial charge in [0, 0.05) is 30.9 Å². The zero-order valence-corrected chi connectivity index (χ0v) is 13.6. The van der Waals surface area contributed by atoms with E-state index < -0.39 is 0 Å². The maximum absolute atomic E-state index is 12.6. The monoisotopic (exact) mass is 319 g/mol. The summed E-state index contributed by atoms with van der Waals surface area (Å²) in [4.78, 5) is 23.2. The van der Waals surface area contributed by atoms with Crippen LogP contribution in [0.5, 0.6) is 0 Å². The van der Waals surface area contributed by atoms with Crippen LogP contribution in [0.25, 0.3) is 0 Å². The number of nitrogens with one attached hydrogen (secondary N) is 1. The normalized spacial score (nSPS) is 23.1. The fraction of sp³-hybridized carbons (Fsp3) is 0.688. The van der Waals surface area contributed by atoms with E-state index in [-0.39, 0.29) is 11.9 Å². The molecule has 1 amide bonds. The lowest BCUT2D eigenvalue weighted by Gasteiger charge is -2.38. The molecule has 2 fully saturated rings. The van der Waals surface area contributed by atoms with E-state index in [0.717, 1.165) is 12.1 Å². The van der Waals surface area contributed by atoms with Gasteiger partial charge in [0.05, 0.1) is 13.2 Å². The Labute approximate surface area is 136 Å². The Morgan fingerprint density at radius 1 is 1.48 bits per heavy atom. The van der Waals surface area contributed by atoms with Gasteiger partial charge in [-0.05, 0) is 19.8 Å². The van der Waals surface area contributed by atoms with E-state index in [0.29, 0.717) is 37.4 Å². The first-order valence-corrected chi connectivity index (χ1v) is 8.34. The van der Waals surface area contributed by atoms with Crippen LogP contribution in [0.1, 0.15) is 37.1 Å². The highest BCUT2D eigenvalue weighted by atomic mass is 16.5. The van der Waals surface area contributed by atoms with Gasteiger partial charge in [0.2, 0.25) is 5.91 Å². The number of hydrogen-bond donors (Lipinski definition) is 2. The quantitative estimate of drug-likeness (QED) is 0.845. The molecule has 1 aromatic heterocycles. The van der Waals surface area contributed by atoms with E-state index in [1.165, 1.54) is 25.7 Å². The Hall–Kier alpha value is -1.73. The molecule has 1 saturated carbocycles. The largest absolute Gasteiger partial charge is 0.383 e. The summed E-state index contributed by atoms with van der Waals surface area (Å²) in [6.07, 6.45) is 6.55. The highest BCUT2D eigenvalue weighted by Crippen LogP contribution is 2.26. The minimum Gasteiger partial charge on any atom is -0.383 e. The summed E-state index contributed by atoms with van der Waals surface area (Å²) in [5.41, 5.74) is 6.62. The molecule has 1 atom stereocenters. The molecule has 1 aliphatic heterocycles. The molecule has 2 aliphatic rings. The molecule has 0 aromatic carbocycles. The number of aromatic nitrogens is 2. The SMILES string of the molecule is Cc1ncc(CNC(=O)C2COCCN2C2CCCC2)c(N)n1. The Balaban J connectivity index is 1.61. The van der Waals surface area contributed by atoms with Crippen molar-refractivity contribution in [1.29, 1.82) is 0 Å². The number of nitrogens with two attached hydrogens (primary N) is 1. The van der Waals surface area contributed by atoms with Crippen molar-refractivity contribution in [2.45, 2.75) is 51.2 Å². The Morgan fingerprint density at radius 2 is 2.26 bits per heavy atom. The molecule has 1 aliphatic carbocycles. The summed E-state index contributed by atoms with van der Waals surface area (Å²) >= 11 is 0. The molecule has 7 nitrogen and oxygen atoms in total. The van der Waals surface area contributed by atoms with Crippen molar-refractivity contribution >= 4 is 11.7 Å². The maximum atomic E-state index is 12.6. The van der Waals surface area contributed by atoms with Gasteiger partial charge in [-0.3, -0.25) is 9.69 Å². The van der Waals surface area contributed by atoms with Gasteiger partial charge in [-0.15, -0.1) is 0 Å². The lowest BCUT2D eigenvalue weighted by Crippen LogP contribution is -2.56. The first-order valence-electron chi connectivity index (χ1n) is 8.34. The molecule has 0 spiro atoms. The Kier molecular flexibility index (Phi) is 5.07. The number of morpholine rings is 1. The number of ether oxygens (including phenoxy) is 1. The van der Waals surface area contributed by atoms with Crippen molar-refractivity contribution in [2.75, 3.05) is 25.5 Å². The average Bonchev–Trinajstić information content (AvgIpc) is 3.08. The minimum absolute atomic E-state index is 0.00317. The molecule has 0 radical (unpaired) electrons. The second kappa shape index (κ2) is 7.23. The highest BCUT2D eigenvalue weighted by molar-refractivity contribution is 5.82. The van der Waals surface area contributed by atoms with E-state index >= 15 is 0 Å². The van der Waals surface area contributed by atoms with Crippen molar-refractivity contribution in [2.24, 2.45) is 0 Å². The van der Waals surface area contributed by atoms with Gasteiger partial charge in [-0.2, -0.15) is 0 Å². The van der Waals surface area contributed by atoms with Gasteiger partial charge in [-0.25, -0.2) is 9.97 Å². The van der Waals surface area contributed by atoms with Crippen molar-refractivity contribution in [3.63, 3.8) is 0 Å². The Bertz CT molecular complexity index is 559. The topological polar surface area (TPSA) is 93.4 Å². The number of aryl methyl sites for hydroxylation is 1. The van der Waals surface area contributed by atoms with Gasteiger partial charge >= 0.3 is 0 Å². The smallest absolute Gasteiger partial charge is 0.240 e. The molecule has 126 valence electrons. The molecule has 1 aromatic rings. The summed E-state index contributed by atoms with van der Waals surface area (Å²) in [5, 5.41) is 2.96. The number of nitrogens with zero attached hydrogens (tertiary/aromatic N) is 3. The van der Waals surface area contributed by atoms with Gasteiger partial charge in [0.1, 0.15) is 17.7 Å². The van der Waals surface area contributed by atoms with Crippen molar-refractivity contribution in [1.82, 2.24) is 20.2 Å². The summed E-state index contributed by atoms with van der Waals surface area (Å²) < 4.78 is 5.53. The number of carbonyl (C=O) groups excluding carboxylic acids is 1. The van der Waals surface area contributed by atoms with Crippen molar-refractivity contribution < 1.29 is 9.53 Å². The zero-order valence-electron chi connectivity index (χ0n) is 13.6. The van der Waals surface area contributed by atoms with Gasteiger partial charge in [-0.1, -0.05) is 12.8 Å². The van der Waals surface area contributed by atoms with Crippen LogP contribution in [0, 0.1) is 6.92 Å². The number of amides is 1. The number of hydrogen-bond acceptors (Lipinski definition) is 6. The van der Waals surface area contributed by atoms with Crippen LogP contribution in [-0.2, 0) is 16.1 Å². The van der Waals surface area contributed by atoms with Crippen LogP contribution in [0.2, 0.25) is 0 Å². The third-order valence-electron chi connectivity index (χ3n) is 4.74. The van der Waals surface area contributed by atoms with Gasteiger partial charge < -0.3 is 15.8 Å². The number of rotatable bonds is 4. The predicted octanol–water partition coefficient (Wildman–Crippen LogP) is 0.627. The molecule has 2 heterocycles. The molecule has 0 bridgehead atoms. The van der Waals surface area contributed by atoms with Crippen LogP contribution >= 0.6 is 0 Å². The predicted molar refractivity (Wildman–Crippen MR) is 86.6 cm³/mol. The maximum Gasteiger partial charge on any atom is 0.240 e. The van der Waals surface area contributed by atoms with Crippen molar-refractivity contribution in [3.8, 4) is 0 Å². The molecule has 3 rings (SSSR count). The second-order valence-corrected chi connectivity index (χ2v) is 6.31. The lowest BCUT2D eigenvalue weighted by atomic mass is 10.1. The van der Waals surface area contributed by atoms with Crippen LogP contribution in [0.3, 0.4) is 0 Å². The third-order valence-corrected chi connectivity index (χ3v) is 4.74. The minimum atomic E-state index is -0.209. The van der Waals surface area contributed by atoms with Crippen LogP contribution in [-0.4, -0.2) is 52.6 Å². The third kappa shape index (κ3) is 3.79. The van der Waals surface area contributed by atoms with E-state index in [4.69, 9.17) is 10.5 Å². The molecule has 1 saturated heterocycles. The summed E-state index contributed by atoms with van der Waals surface area (Å²) in [5.74, 6) is 1.05. The number of nitrogen functional groups attached to an aromatic ring is 1. The van der Waals surface area contributed by atoms with Crippen molar-refractivity contribution in [3.05, 3.63) is 17.6 Å². The molecule has 7 heteroatoms. The van der Waals surface area contributed by atoms with Crippen LogP contribution in [0.4, 0.5) is 5.82 Å². The van der Waals surface area contributed by atoms with E-state index in [9.17, 15) is 4.79 Å². The van der Waals surface area contributed by atoms with E-state index in [1.54, 1.807) is 13.1 Å². The van der Waals surface area contributed by atoms with E-state index in [2.05, 4.69) is 20.2 Å². The average molecular weight is 319 g/mol. The van der Waals surface area contributed by atoms with Gasteiger partial charge in [0.25, 0.3) is 0 Å². The lowest BCUT2D eigenvalue weighted by molar-refractivity contribution is -0.134. The molecule has 3 N–H and O–H groups in total. The Morgan fingerprint density at radius 3 is 3.00 bits per heavy atom. The van der Waals surface area contributed by atoms with Crippen LogP contribution < -0.4 is 11.1 Å². The van der Waals surface area contributed by atoms with E-state index in [1.807, 2.05) is 0 Å². The van der Waals surface area contributed by atoms with Gasteiger partial charge in [0.15, 0.2) is 0 Å². The van der Waals surface area contributed by atoms with Crippen LogP contribution in [0.15, 0.2) is 6.20 Å². The fourth-order valence-corrected chi connectivity index (χ4v) is 3.46. The molecule has 1 unspecified atom stereocenters. The molecular weight excluding hydrogens is 294 g/mol. The summed E-state index contributed by atoms with van der Waals surface area (Å²) in [7, 11) is 0. The molecular formula is C16H25N5O2.